The van der Waals surface area contributed by atoms with E-state index in [1.165, 1.54) is 13.3 Å². The number of nitrogens with one attached hydrogen (secondary N) is 2. The van der Waals surface area contributed by atoms with E-state index in [1.807, 2.05) is 0 Å². The van der Waals surface area contributed by atoms with Gasteiger partial charge in [0, 0.05) is 6.20 Å². The van der Waals surface area contributed by atoms with Crippen LogP contribution in [0.1, 0.15) is 10.5 Å². The van der Waals surface area contributed by atoms with Crippen LogP contribution in [0.25, 0.3) is 0 Å². The molecule has 1 amide bonds. The number of rotatable bonds is 3. The molecule has 1 rings (SSSR count). The zero-order valence-corrected chi connectivity index (χ0v) is 9.83. The predicted molar refractivity (Wildman–Crippen MR) is 56.9 cm³/mol. The fourth-order valence-corrected chi connectivity index (χ4v) is 1.14. The van der Waals surface area contributed by atoms with E-state index >= 15 is 0 Å². The largest absolute Gasteiger partial charge is 0.468 e. The number of carbonyl (C=O) groups is 2. The first-order valence-corrected chi connectivity index (χ1v) is 4.94. The molecule has 1 aromatic rings. The molecule has 0 saturated heterocycles. The van der Waals surface area contributed by atoms with E-state index in [0.717, 1.165) is 0 Å². The standard InChI is InChI=1S/C8H8BrN3O4/c1-16-5(13)3-11-8(15)6-7(14)10-2-4(9)12-6/h2H,3H2,1H3,(H,10,14)(H,11,15). The number of aromatic amines is 1. The Kier molecular flexibility index (Phi) is 4.18. The summed E-state index contributed by atoms with van der Waals surface area (Å²) >= 11 is 3.01. The third kappa shape index (κ3) is 3.16. The van der Waals surface area contributed by atoms with Gasteiger partial charge in [0.2, 0.25) is 0 Å². The van der Waals surface area contributed by atoms with Gasteiger partial charge >= 0.3 is 5.97 Å². The Labute approximate surface area is 98.3 Å². The molecule has 0 aromatic carbocycles. The van der Waals surface area contributed by atoms with Crippen molar-refractivity contribution >= 4 is 27.8 Å². The van der Waals surface area contributed by atoms with Crippen molar-refractivity contribution in [1.29, 1.82) is 0 Å². The number of carbonyl (C=O) groups excluding carboxylic acids is 2. The lowest BCUT2D eigenvalue weighted by Crippen LogP contribution is -2.34. The first-order chi connectivity index (χ1) is 7.54. The topological polar surface area (TPSA) is 101 Å². The first kappa shape index (κ1) is 12.4. The van der Waals surface area contributed by atoms with Crippen LogP contribution >= 0.6 is 15.9 Å². The highest BCUT2D eigenvalue weighted by atomic mass is 79.9. The zero-order chi connectivity index (χ0) is 12.1. The molecule has 2 N–H and O–H groups in total. The van der Waals surface area contributed by atoms with Gasteiger partial charge in [-0.1, -0.05) is 0 Å². The number of hydrogen-bond donors (Lipinski definition) is 2. The summed E-state index contributed by atoms with van der Waals surface area (Å²) in [5.41, 5.74) is -0.955. The van der Waals surface area contributed by atoms with Crippen molar-refractivity contribution in [3.63, 3.8) is 0 Å². The van der Waals surface area contributed by atoms with E-state index in [2.05, 4.69) is 36.0 Å². The minimum atomic E-state index is -0.743. The SMILES string of the molecule is COC(=O)CNC(=O)c1nc(Br)c[nH]c1=O. The lowest BCUT2D eigenvalue weighted by molar-refractivity contribution is -0.139. The Hall–Kier alpha value is -1.70. The lowest BCUT2D eigenvalue weighted by atomic mass is 10.4. The Morgan fingerprint density at radius 3 is 2.94 bits per heavy atom. The highest BCUT2D eigenvalue weighted by molar-refractivity contribution is 9.10. The van der Waals surface area contributed by atoms with Crippen molar-refractivity contribution in [2.24, 2.45) is 0 Å². The molecular weight excluding hydrogens is 282 g/mol. The van der Waals surface area contributed by atoms with Gasteiger partial charge < -0.3 is 15.0 Å². The molecule has 16 heavy (non-hydrogen) atoms. The van der Waals surface area contributed by atoms with Gasteiger partial charge in [-0.3, -0.25) is 14.4 Å². The van der Waals surface area contributed by atoms with Crippen molar-refractivity contribution < 1.29 is 14.3 Å². The normalized spacial score (nSPS) is 9.62. The van der Waals surface area contributed by atoms with Gasteiger partial charge in [0.05, 0.1) is 7.11 Å². The first-order valence-electron chi connectivity index (χ1n) is 4.15. The minimum absolute atomic E-state index is 0.315. The number of hydrogen-bond acceptors (Lipinski definition) is 5. The molecule has 0 aliphatic rings. The quantitative estimate of drug-likeness (QED) is 0.726. The molecular formula is C8H8BrN3O4. The van der Waals surface area contributed by atoms with Crippen LogP contribution in [0, 0.1) is 0 Å². The Morgan fingerprint density at radius 1 is 1.62 bits per heavy atom. The van der Waals surface area contributed by atoms with Gasteiger partial charge in [0.15, 0.2) is 5.69 Å². The van der Waals surface area contributed by atoms with Gasteiger partial charge in [0.1, 0.15) is 11.1 Å². The molecule has 0 aliphatic heterocycles. The number of H-pyrrole nitrogens is 1. The van der Waals surface area contributed by atoms with Gasteiger partial charge in [-0.15, -0.1) is 0 Å². The Morgan fingerprint density at radius 2 is 2.31 bits per heavy atom. The van der Waals surface area contributed by atoms with Crippen LogP contribution < -0.4 is 10.9 Å². The van der Waals surface area contributed by atoms with Crippen LogP contribution in [-0.2, 0) is 9.53 Å². The number of esters is 1. The van der Waals surface area contributed by atoms with Crippen molar-refractivity contribution in [3.8, 4) is 0 Å². The van der Waals surface area contributed by atoms with Crippen LogP contribution in [0.5, 0.6) is 0 Å². The summed E-state index contributed by atoms with van der Waals surface area (Å²) in [7, 11) is 1.19. The van der Waals surface area contributed by atoms with Gasteiger partial charge in [-0.25, -0.2) is 4.98 Å². The Bertz CT molecular complexity index is 471. The Balaban J connectivity index is 2.77. The third-order valence-corrected chi connectivity index (χ3v) is 2.00. The van der Waals surface area contributed by atoms with Crippen LogP contribution in [0.2, 0.25) is 0 Å². The number of aromatic nitrogens is 2. The molecule has 8 heteroatoms. The average molecular weight is 290 g/mol. The van der Waals surface area contributed by atoms with Crippen molar-refractivity contribution in [2.75, 3.05) is 13.7 Å². The lowest BCUT2D eigenvalue weighted by Gasteiger charge is -2.02. The summed E-state index contributed by atoms with van der Waals surface area (Å²) < 4.78 is 4.64. The van der Waals surface area contributed by atoms with Crippen LogP contribution in [0.3, 0.4) is 0 Å². The molecule has 0 spiro atoms. The van der Waals surface area contributed by atoms with E-state index in [4.69, 9.17) is 0 Å². The van der Waals surface area contributed by atoms with E-state index in [-0.39, 0.29) is 12.2 Å². The maximum Gasteiger partial charge on any atom is 0.325 e. The van der Waals surface area contributed by atoms with Crippen molar-refractivity contribution in [3.05, 3.63) is 26.8 Å². The smallest absolute Gasteiger partial charge is 0.325 e. The second kappa shape index (κ2) is 5.40. The van der Waals surface area contributed by atoms with Gasteiger partial charge in [-0.2, -0.15) is 0 Å². The molecule has 7 nitrogen and oxygen atoms in total. The molecule has 0 atom stereocenters. The number of halogens is 1. The molecule has 0 fully saturated rings. The molecule has 0 radical (unpaired) electrons. The monoisotopic (exact) mass is 289 g/mol. The van der Waals surface area contributed by atoms with E-state index in [0.29, 0.717) is 4.60 Å². The summed E-state index contributed by atoms with van der Waals surface area (Å²) in [6.45, 7) is -0.317. The third-order valence-electron chi connectivity index (χ3n) is 1.59. The molecule has 0 bridgehead atoms. The summed E-state index contributed by atoms with van der Waals surface area (Å²) in [5, 5.41) is 2.20. The van der Waals surface area contributed by atoms with Crippen LogP contribution in [-0.4, -0.2) is 35.5 Å². The number of amides is 1. The van der Waals surface area contributed by atoms with Gasteiger partial charge in [-0.05, 0) is 15.9 Å². The van der Waals surface area contributed by atoms with Crippen LogP contribution in [0.4, 0.5) is 0 Å². The fourth-order valence-electron chi connectivity index (χ4n) is 0.846. The molecule has 0 unspecified atom stereocenters. The maximum absolute atomic E-state index is 11.4. The molecule has 0 aliphatic carbocycles. The highest BCUT2D eigenvalue weighted by Crippen LogP contribution is 2.00. The molecule has 0 saturated carbocycles. The second-order valence-electron chi connectivity index (χ2n) is 2.66. The van der Waals surface area contributed by atoms with Crippen molar-refractivity contribution in [2.45, 2.75) is 0 Å². The van der Waals surface area contributed by atoms with Crippen LogP contribution in [0.15, 0.2) is 15.6 Å². The molecule has 1 heterocycles. The number of methoxy groups -OCH3 is 1. The summed E-state index contributed by atoms with van der Waals surface area (Å²) in [6.07, 6.45) is 1.30. The summed E-state index contributed by atoms with van der Waals surface area (Å²) in [6, 6.07) is 0. The fraction of sp³-hybridized carbons (Fsp3) is 0.250. The maximum atomic E-state index is 11.4. The summed E-state index contributed by atoms with van der Waals surface area (Å²) in [5.74, 6) is -1.35. The van der Waals surface area contributed by atoms with E-state index in [9.17, 15) is 14.4 Å². The molecule has 1 aromatic heterocycles. The summed E-state index contributed by atoms with van der Waals surface area (Å²) in [4.78, 5) is 39.4. The molecule has 86 valence electrons. The van der Waals surface area contributed by atoms with E-state index < -0.39 is 17.4 Å². The number of nitrogens with zero attached hydrogens (tertiary/aromatic N) is 1. The predicted octanol–water partition coefficient (Wildman–Crippen LogP) is -0.565. The minimum Gasteiger partial charge on any atom is -0.468 e. The average Bonchev–Trinajstić information content (AvgIpc) is 2.28. The van der Waals surface area contributed by atoms with Gasteiger partial charge in [0.25, 0.3) is 11.5 Å². The highest BCUT2D eigenvalue weighted by Gasteiger charge is 2.13. The zero-order valence-electron chi connectivity index (χ0n) is 8.24. The second-order valence-corrected chi connectivity index (χ2v) is 3.47. The van der Waals surface area contributed by atoms with E-state index in [1.54, 1.807) is 0 Å². The van der Waals surface area contributed by atoms with Crippen molar-refractivity contribution in [1.82, 2.24) is 15.3 Å². The number of ether oxygens (including phenoxy) is 1.